The van der Waals surface area contributed by atoms with Crippen LogP contribution in [-0.2, 0) is 43.8 Å². The molecule has 2 aromatic carbocycles. The molecule has 1 saturated heterocycles. The molecule has 198 valence electrons. The maximum absolute atomic E-state index is 13.4. The standard InChI is InChI=1S/C29H41NO5S/c1-6-24-12-13-26(20-25(24)7-2)29(15-17-34-36(5,32)33)14-9-16-30(21-29)28(31)19-23-10-8-11-27(18-23)35-22(3)4/h8,10-13,18,20,22H,6-7,9,14-17,19,21H2,1-5H3/t29-/m1/s1. The van der Waals surface area contributed by atoms with Crippen molar-refractivity contribution in [2.75, 3.05) is 26.0 Å². The van der Waals surface area contributed by atoms with Gasteiger partial charge in [0.05, 0.1) is 25.4 Å². The molecule has 0 bridgehead atoms. The van der Waals surface area contributed by atoms with Crippen LogP contribution in [0.2, 0.25) is 0 Å². The van der Waals surface area contributed by atoms with Gasteiger partial charge in [0.25, 0.3) is 10.1 Å². The Kier molecular flexibility index (Phi) is 9.59. The number of amides is 1. The summed E-state index contributed by atoms with van der Waals surface area (Å²) in [5.41, 5.74) is 4.38. The fraction of sp³-hybridized carbons (Fsp3) is 0.552. The highest BCUT2D eigenvalue weighted by Gasteiger charge is 2.39. The molecule has 1 fully saturated rings. The summed E-state index contributed by atoms with van der Waals surface area (Å²) in [5, 5.41) is 0. The molecule has 0 spiro atoms. The topological polar surface area (TPSA) is 72.9 Å². The van der Waals surface area contributed by atoms with Crippen LogP contribution in [0.3, 0.4) is 0 Å². The van der Waals surface area contributed by atoms with Gasteiger partial charge in [0.2, 0.25) is 5.91 Å². The van der Waals surface area contributed by atoms with Crippen LogP contribution in [0.1, 0.15) is 69.2 Å². The Balaban J connectivity index is 1.85. The Hall–Kier alpha value is -2.38. The van der Waals surface area contributed by atoms with Crippen molar-refractivity contribution in [2.24, 2.45) is 0 Å². The summed E-state index contributed by atoms with van der Waals surface area (Å²) < 4.78 is 34.3. The largest absolute Gasteiger partial charge is 0.491 e. The lowest BCUT2D eigenvalue weighted by atomic mass is 9.71. The molecule has 3 rings (SSSR count). The molecule has 1 aliphatic heterocycles. The predicted molar refractivity (Wildman–Crippen MR) is 144 cm³/mol. The first-order chi connectivity index (χ1) is 17.0. The second-order valence-electron chi connectivity index (χ2n) is 10.2. The molecule has 0 saturated carbocycles. The van der Waals surface area contributed by atoms with Crippen molar-refractivity contribution in [2.45, 2.75) is 77.7 Å². The maximum Gasteiger partial charge on any atom is 0.264 e. The van der Waals surface area contributed by atoms with Crippen LogP contribution >= 0.6 is 0 Å². The molecule has 0 aromatic heterocycles. The average molecular weight is 516 g/mol. The van der Waals surface area contributed by atoms with E-state index in [2.05, 4.69) is 32.0 Å². The van der Waals surface area contributed by atoms with E-state index in [0.717, 1.165) is 43.3 Å². The number of ether oxygens (including phenoxy) is 1. The SMILES string of the molecule is CCc1ccc([C@@]2(CCOS(C)(=O)=O)CCCN(C(=O)Cc3cccc(OC(C)C)c3)C2)cc1CC. The van der Waals surface area contributed by atoms with Gasteiger partial charge < -0.3 is 9.64 Å². The number of nitrogens with zero attached hydrogens (tertiary/aromatic N) is 1. The number of carbonyl (C=O) groups excluding carboxylic acids is 1. The second kappa shape index (κ2) is 12.2. The lowest BCUT2D eigenvalue weighted by molar-refractivity contribution is -0.132. The number of likely N-dealkylation sites (tertiary alicyclic amines) is 1. The van der Waals surface area contributed by atoms with Crippen LogP contribution in [0.25, 0.3) is 0 Å². The van der Waals surface area contributed by atoms with Gasteiger partial charge >= 0.3 is 0 Å². The quantitative estimate of drug-likeness (QED) is 0.391. The molecule has 0 radical (unpaired) electrons. The Morgan fingerprint density at radius 2 is 1.83 bits per heavy atom. The Morgan fingerprint density at radius 3 is 2.50 bits per heavy atom. The van der Waals surface area contributed by atoms with Crippen molar-refractivity contribution >= 4 is 16.0 Å². The van der Waals surface area contributed by atoms with Gasteiger partial charge in [0, 0.05) is 18.5 Å². The zero-order valence-corrected chi connectivity index (χ0v) is 23.2. The van der Waals surface area contributed by atoms with Gasteiger partial charge in [-0.3, -0.25) is 8.98 Å². The van der Waals surface area contributed by atoms with E-state index in [1.807, 2.05) is 43.0 Å². The minimum atomic E-state index is -3.53. The van der Waals surface area contributed by atoms with Crippen LogP contribution < -0.4 is 4.74 Å². The van der Waals surface area contributed by atoms with E-state index in [9.17, 15) is 13.2 Å². The Morgan fingerprint density at radius 1 is 1.08 bits per heavy atom. The van der Waals surface area contributed by atoms with Gasteiger partial charge in [-0.15, -0.1) is 0 Å². The number of hydrogen-bond acceptors (Lipinski definition) is 5. The van der Waals surface area contributed by atoms with Gasteiger partial charge in [0.1, 0.15) is 5.75 Å². The smallest absolute Gasteiger partial charge is 0.264 e. The fourth-order valence-corrected chi connectivity index (χ4v) is 5.62. The molecule has 1 heterocycles. The van der Waals surface area contributed by atoms with Gasteiger partial charge in [-0.05, 0) is 80.3 Å². The fourth-order valence-electron chi connectivity index (χ4n) is 5.23. The average Bonchev–Trinajstić information content (AvgIpc) is 2.82. The first-order valence-corrected chi connectivity index (χ1v) is 14.9. The molecule has 1 atom stereocenters. The normalized spacial score (nSPS) is 18.4. The molecule has 6 nitrogen and oxygen atoms in total. The molecule has 1 amide bonds. The molecule has 7 heteroatoms. The van der Waals surface area contributed by atoms with Gasteiger partial charge in [0.15, 0.2) is 0 Å². The third-order valence-electron chi connectivity index (χ3n) is 7.01. The monoisotopic (exact) mass is 515 g/mol. The number of aryl methyl sites for hydroxylation is 2. The molecule has 0 N–H and O–H groups in total. The van der Waals surface area contributed by atoms with E-state index >= 15 is 0 Å². The summed E-state index contributed by atoms with van der Waals surface area (Å²) in [4.78, 5) is 15.4. The molecular formula is C29H41NO5S. The van der Waals surface area contributed by atoms with E-state index in [0.29, 0.717) is 25.9 Å². The van der Waals surface area contributed by atoms with E-state index in [4.69, 9.17) is 8.92 Å². The first-order valence-electron chi connectivity index (χ1n) is 13.1. The van der Waals surface area contributed by atoms with E-state index in [1.165, 1.54) is 16.7 Å². The highest BCUT2D eigenvalue weighted by molar-refractivity contribution is 7.85. The molecular weight excluding hydrogens is 474 g/mol. The lowest BCUT2D eigenvalue weighted by Gasteiger charge is -2.44. The molecule has 2 aromatic rings. The van der Waals surface area contributed by atoms with Crippen LogP contribution in [0.15, 0.2) is 42.5 Å². The van der Waals surface area contributed by atoms with Gasteiger partial charge in [-0.25, -0.2) is 0 Å². The summed E-state index contributed by atoms with van der Waals surface area (Å²) in [6.07, 6.45) is 5.64. The van der Waals surface area contributed by atoms with E-state index < -0.39 is 10.1 Å². The number of piperidine rings is 1. The third kappa shape index (κ3) is 7.56. The molecule has 0 aliphatic carbocycles. The predicted octanol–water partition coefficient (Wildman–Crippen LogP) is 5.07. The van der Waals surface area contributed by atoms with Crippen molar-refractivity contribution in [3.8, 4) is 5.75 Å². The van der Waals surface area contributed by atoms with Crippen LogP contribution in [-0.4, -0.2) is 51.3 Å². The Labute approximate surface area is 217 Å². The van der Waals surface area contributed by atoms with Crippen LogP contribution in [0.5, 0.6) is 5.75 Å². The zero-order chi connectivity index (χ0) is 26.3. The van der Waals surface area contributed by atoms with Crippen LogP contribution in [0, 0.1) is 0 Å². The minimum Gasteiger partial charge on any atom is -0.491 e. The maximum atomic E-state index is 13.4. The lowest BCUT2D eigenvalue weighted by Crippen LogP contribution is -2.49. The molecule has 1 aliphatic rings. The van der Waals surface area contributed by atoms with E-state index in [-0.39, 0.29) is 24.0 Å². The van der Waals surface area contributed by atoms with Crippen molar-refractivity contribution in [3.05, 3.63) is 64.7 Å². The zero-order valence-electron chi connectivity index (χ0n) is 22.4. The summed E-state index contributed by atoms with van der Waals surface area (Å²) in [6, 6.07) is 14.3. The van der Waals surface area contributed by atoms with Gasteiger partial charge in [-0.1, -0.05) is 44.2 Å². The number of carbonyl (C=O) groups is 1. The summed E-state index contributed by atoms with van der Waals surface area (Å²) in [6.45, 7) is 9.63. The first kappa shape index (κ1) is 28.2. The van der Waals surface area contributed by atoms with Crippen molar-refractivity contribution in [1.29, 1.82) is 0 Å². The van der Waals surface area contributed by atoms with Crippen LogP contribution in [0.4, 0.5) is 0 Å². The van der Waals surface area contributed by atoms with Crippen molar-refractivity contribution < 1.29 is 22.1 Å². The number of hydrogen-bond donors (Lipinski definition) is 0. The van der Waals surface area contributed by atoms with Crippen molar-refractivity contribution in [1.82, 2.24) is 4.90 Å². The number of rotatable bonds is 11. The number of benzene rings is 2. The van der Waals surface area contributed by atoms with Gasteiger partial charge in [-0.2, -0.15) is 8.42 Å². The highest BCUT2D eigenvalue weighted by Crippen LogP contribution is 2.39. The Bertz CT molecular complexity index is 1140. The molecule has 36 heavy (non-hydrogen) atoms. The third-order valence-corrected chi connectivity index (χ3v) is 7.61. The summed E-state index contributed by atoms with van der Waals surface area (Å²) >= 11 is 0. The van der Waals surface area contributed by atoms with E-state index in [1.54, 1.807) is 0 Å². The molecule has 0 unspecified atom stereocenters. The van der Waals surface area contributed by atoms with Crippen molar-refractivity contribution in [3.63, 3.8) is 0 Å². The second-order valence-corrected chi connectivity index (χ2v) is 11.8. The summed E-state index contributed by atoms with van der Waals surface area (Å²) in [7, 11) is -3.53. The summed E-state index contributed by atoms with van der Waals surface area (Å²) in [5.74, 6) is 0.843. The minimum absolute atomic E-state index is 0.0694. The highest BCUT2D eigenvalue weighted by atomic mass is 32.2.